The Morgan fingerprint density at radius 2 is 1.94 bits per heavy atom. The summed E-state index contributed by atoms with van der Waals surface area (Å²) in [6, 6.07) is 0.854. The zero-order chi connectivity index (χ0) is 13.3. The molecule has 0 amide bonds. The Hall–Kier alpha value is -0.870. The van der Waals surface area contributed by atoms with Crippen molar-refractivity contribution in [1.29, 1.82) is 0 Å². The molecule has 1 aromatic heterocycles. The van der Waals surface area contributed by atoms with E-state index >= 15 is 0 Å². The van der Waals surface area contributed by atoms with Crippen LogP contribution in [0, 0.1) is 13.8 Å². The van der Waals surface area contributed by atoms with Gasteiger partial charge in [0.25, 0.3) is 0 Å². The van der Waals surface area contributed by atoms with Gasteiger partial charge in [0.1, 0.15) is 0 Å². The molecular formula is C14H26N4. The highest BCUT2D eigenvalue weighted by Crippen LogP contribution is 2.28. The first-order valence-electron chi connectivity index (χ1n) is 7.08. The van der Waals surface area contributed by atoms with Crippen molar-refractivity contribution in [2.24, 2.45) is 5.73 Å². The van der Waals surface area contributed by atoms with Crippen LogP contribution in [0.15, 0.2) is 0 Å². The highest BCUT2D eigenvalue weighted by Gasteiger charge is 2.25. The number of hydrogen-bond donors (Lipinski definition) is 1. The van der Waals surface area contributed by atoms with Crippen LogP contribution in [0.4, 0.5) is 0 Å². The number of nitrogens with two attached hydrogens (primary N) is 1. The molecule has 0 aliphatic carbocycles. The van der Waals surface area contributed by atoms with Crippen molar-refractivity contribution in [3.8, 4) is 0 Å². The number of aromatic nitrogens is 2. The molecule has 2 N–H and O–H groups in total. The van der Waals surface area contributed by atoms with Crippen LogP contribution in [-0.2, 0) is 6.54 Å². The third kappa shape index (κ3) is 2.45. The van der Waals surface area contributed by atoms with E-state index < -0.39 is 0 Å². The van der Waals surface area contributed by atoms with E-state index in [0.29, 0.717) is 12.1 Å². The Balaban J connectivity index is 2.18. The van der Waals surface area contributed by atoms with E-state index in [1.807, 2.05) is 0 Å². The minimum Gasteiger partial charge on any atom is -0.328 e. The summed E-state index contributed by atoms with van der Waals surface area (Å²) in [4.78, 5) is 2.54. The van der Waals surface area contributed by atoms with Crippen LogP contribution in [-0.4, -0.2) is 33.8 Å². The molecule has 1 unspecified atom stereocenters. The van der Waals surface area contributed by atoms with Crippen molar-refractivity contribution in [3.63, 3.8) is 0 Å². The normalized spacial score (nSPS) is 20.3. The van der Waals surface area contributed by atoms with Gasteiger partial charge in [-0.1, -0.05) is 0 Å². The molecule has 1 aliphatic rings. The van der Waals surface area contributed by atoms with Crippen molar-refractivity contribution in [3.05, 3.63) is 17.0 Å². The lowest BCUT2D eigenvalue weighted by Crippen LogP contribution is -2.41. The minimum absolute atomic E-state index is 0.397. The molecule has 18 heavy (non-hydrogen) atoms. The largest absolute Gasteiger partial charge is 0.328 e. The molecule has 0 aromatic carbocycles. The van der Waals surface area contributed by atoms with Gasteiger partial charge in [-0.05, 0) is 40.5 Å². The fourth-order valence-corrected chi connectivity index (χ4v) is 3.11. The second kappa shape index (κ2) is 5.41. The predicted octanol–water partition coefficient (Wildman–Crippen LogP) is 2.00. The highest BCUT2D eigenvalue weighted by atomic mass is 15.3. The lowest BCUT2D eigenvalue weighted by Gasteiger charge is -2.35. The van der Waals surface area contributed by atoms with Gasteiger partial charge in [0, 0.05) is 43.0 Å². The number of aryl methyl sites for hydroxylation is 2. The van der Waals surface area contributed by atoms with E-state index in [4.69, 9.17) is 5.73 Å². The zero-order valence-electron chi connectivity index (χ0n) is 12.1. The van der Waals surface area contributed by atoms with Gasteiger partial charge in [-0.25, -0.2) is 0 Å². The average Bonchev–Trinajstić information content (AvgIpc) is 2.64. The standard InChI is InChI=1S/C14H26N4/c1-5-18-12(4)14(10(2)16-18)11(3)17-8-6-13(15)7-9-17/h11,13H,5-9,15H2,1-4H3. The average molecular weight is 250 g/mol. The second-order valence-corrected chi connectivity index (χ2v) is 5.45. The van der Waals surface area contributed by atoms with Gasteiger partial charge in [0.15, 0.2) is 0 Å². The maximum atomic E-state index is 5.98. The van der Waals surface area contributed by atoms with Gasteiger partial charge >= 0.3 is 0 Å². The summed E-state index contributed by atoms with van der Waals surface area (Å²) in [5, 5.41) is 4.62. The fourth-order valence-electron chi connectivity index (χ4n) is 3.11. The van der Waals surface area contributed by atoms with Crippen molar-refractivity contribution < 1.29 is 0 Å². The molecule has 1 aromatic rings. The monoisotopic (exact) mass is 250 g/mol. The summed E-state index contributed by atoms with van der Waals surface area (Å²) in [6.45, 7) is 11.9. The fraction of sp³-hybridized carbons (Fsp3) is 0.786. The third-order valence-corrected chi connectivity index (χ3v) is 4.28. The van der Waals surface area contributed by atoms with E-state index in [1.165, 1.54) is 17.0 Å². The summed E-state index contributed by atoms with van der Waals surface area (Å²) < 4.78 is 2.11. The summed E-state index contributed by atoms with van der Waals surface area (Å²) in [7, 11) is 0. The van der Waals surface area contributed by atoms with Crippen LogP contribution < -0.4 is 5.73 Å². The van der Waals surface area contributed by atoms with Crippen molar-refractivity contribution in [1.82, 2.24) is 14.7 Å². The Morgan fingerprint density at radius 3 is 2.44 bits per heavy atom. The van der Waals surface area contributed by atoms with Gasteiger partial charge in [0.05, 0.1) is 5.69 Å². The Morgan fingerprint density at radius 1 is 1.33 bits per heavy atom. The molecule has 4 nitrogen and oxygen atoms in total. The molecule has 0 radical (unpaired) electrons. The maximum absolute atomic E-state index is 5.98. The van der Waals surface area contributed by atoms with E-state index in [2.05, 4.69) is 42.4 Å². The highest BCUT2D eigenvalue weighted by molar-refractivity contribution is 5.28. The van der Waals surface area contributed by atoms with Crippen LogP contribution in [0.1, 0.15) is 49.7 Å². The summed E-state index contributed by atoms with van der Waals surface area (Å²) >= 11 is 0. The van der Waals surface area contributed by atoms with E-state index in [0.717, 1.165) is 32.5 Å². The summed E-state index contributed by atoms with van der Waals surface area (Å²) in [5.74, 6) is 0. The van der Waals surface area contributed by atoms with Crippen LogP contribution in [0.2, 0.25) is 0 Å². The van der Waals surface area contributed by atoms with Crippen molar-refractivity contribution in [2.75, 3.05) is 13.1 Å². The predicted molar refractivity (Wildman–Crippen MR) is 74.6 cm³/mol. The molecule has 1 aliphatic heterocycles. The second-order valence-electron chi connectivity index (χ2n) is 5.45. The lowest BCUT2D eigenvalue weighted by molar-refractivity contribution is 0.162. The Bertz CT molecular complexity index is 402. The van der Waals surface area contributed by atoms with Gasteiger partial charge in [-0.15, -0.1) is 0 Å². The minimum atomic E-state index is 0.397. The smallest absolute Gasteiger partial charge is 0.0644 e. The first kappa shape index (κ1) is 13.6. The number of piperidine rings is 1. The molecule has 0 bridgehead atoms. The van der Waals surface area contributed by atoms with Crippen LogP contribution in [0.25, 0.3) is 0 Å². The van der Waals surface area contributed by atoms with Crippen LogP contribution >= 0.6 is 0 Å². The molecule has 1 fully saturated rings. The van der Waals surface area contributed by atoms with E-state index in [9.17, 15) is 0 Å². The quantitative estimate of drug-likeness (QED) is 0.892. The molecule has 2 rings (SSSR count). The Kier molecular flexibility index (Phi) is 4.07. The molecule has 1 atom stereocenters. The van der Waals surface area contributed by atoms with Crippen LogP contribution in [0.5, 0.6) is 0 Å². The molecular weight excluding hydrogens is 224 g/mol. The lowest BCUT2D eigenvalue weighted by atomic mass is 9.99. The maximum Gasteiger partial charge on any atom is 0.0644 e. The van der Waals surface area contributed by atoms with Crippen molar-refractivity contribution in [2.45, 2.75) is 59.2 Å². The first-order chi connectivity index (χ1) is 8.54. The zero-order valence-corrected chi connectivity index (χ0v) is 12.1. The van der Waals surface area contributed by atoms with Crippen molar-refractivity contribution >= 4 is 0 Å². The SMILES string of the molecule is CCn1nc(C)c(C(C)N2CCC(N)CC2)c1C. The molecule has 2 heterocycles. The molecule has 1 saturated heterocycles. The molecule has 4 heteroatoms. The van der Waals surface area contributed by atoms with Gasteiger partial charge < -0.3 is 5.73 Å². The Labute approximate surface area is 110 Å². The first-order valence-corrected chi connectivity index (χ1v) is 7.08. The van der Waals surface area contributed by atoms with Gasteiger partial charge in [-0.3, -0.25) is 9.58 Å². The topological polar surface area (TPSA) is 47.1 Å². The summed E-state index contributed by atoms with van der Waals surface area (Å²) in [5.41, 5.74) is 9.88. The molecule has 102 valence electrons. The molecule has 0 saturated carbocycles. The number of hydrogen-bond acceptors (Lipinski definition) is 3. The van der Waals surface area contributed by atoms with Crippen LogP contribution in [0.3, 0.4) is 0 Å². The summed E-state index contributed by atoms with van der Waals surface area (Å²) in [6.07, 6.45) is 2.23. The van der Waals surface area contributed by atoms with Gasteiger partial charge in [-0.2, -0.15) is 5.10 Å². The number of rotatable bonds is 3. The van der Waals surface area contributed by atoms with E-state index in [-0.39, 0.29) is 0 Å². The third-order valence-electron chi connectivity index (χ3n) is 4.28. The molecule has 0 spiro atoms. The number of nitrogens with zero attached hydrogens (tertiary/aromatic N) is 3. The number of likely N-dealkylation sites (tertiary alicyclic amines) is 1. The van der Waals surface area contributed by atoms with E-state index in [1.54, 1.807) is 0 Å². The van der Waals surface area contributed by atoms with Gasteiger partial charge in [0.2, 0.25) is 0 Å².